The Balaban J connectivity index is 1.07. The smallest absolute Gasteiger partial charge is 0.251 e. The molecular formula is C27H33N3O3. The molecule has 1 aliphatic heterocycles. The highest BCUT2D eigenvalue weighted by Gasteiger charge is 2.29. The standard InChI is InChI=1S/C27H33N3O3/c31-25(15-28-24-13-19-3-1-2-4-20(19)14-24)16-29-27(33)22-7-8-23-17-30(10-9-21(23)12-22)26(32)11-18-5-6-18/h1-4,7-8,12,18,24-25,28,31H,5-6,9-11,13-17H2,(H,29,33). The summed E-state index contributed by atoms with van der Waals surface area (Å²) in [6, 6.07) is 14.5. The van der Waals surface area contributed by atoms with Gasteiger partial charge >= 0.3 is 0 Å². The van der Waals surface area contributed by atoms with Crippen LogP contribution in [0.3, 0.4) is 0 Å². The number of hydrogen-bond acceptors (Lipinski definition) is 4. The van der Waals surface area contributed by atoms with Crippen molar-refractivity contribution in [2.24, 2.45) is 5.92 Å². The zero-order chi connectivity index (χ0) is 22.8. The molecule has 6 heteroatoms. The number of aliphatic hydroxyl groups excluding tert-OH is 1. The van der Waals surface area contributed by atoms with Crippen LogP contribution in [-0.4, -0.2) is 53.6 Å². The Labute approximate surface area is 195 Å². The minimum absolute atomic E-state index is 0.169. The van der Waals surface area contributed by atoms with Crippen molar-refractivity contribution in [2.45, 2.75) is 57.2 Å². The first-order valence-electron chi connectivity index (χ1n) is 12.2. The highest BCUT2D eigenvalue weighted by molar-refractivity contribution is 5.94. The lowest BCUT2D eigenvalue weighted by atomic mass is 9.96. The molecule has 5 rings (SSSR count). The summed E-state index contributed by atoms with van der Waals surface area (Å²) in [6.07, 6.45) is 5.16. The quantitative estimate of drug-likeness (QED) is 0.580. The van der Waals surface area contributed by atoms with Crippen LogP contribution in [-0.2, 0) is 30.6 Å². The summed E-state index contributed by atoms with van der Waals surface area (Å²) in [6.45, 7) is 2.02. The van der Waals surface area contributed by atoms with Gasteiger partial charge in [-0.1, -0.05) is 30.3 Å². The van der Waals surface area contributed by atoms with Gasteiger partial charge in [-0.2, -0.15) is 0 Å². The Morgan fingerprint density at radius 1 is 1.00 bits per heavy atom. The summed E-state index contributed by atoms with van der Waals surface area (Å²) >= 11 is 0. The average molecular weight is 448 g/mol. The van der Waals surface area contributed by atoms with Crippen LogP contribution in [0.25, 0.3) is 0 Å². The molecular weight excluding hydrogens is 414 g/mol. The molecule has 1 heterocycles. The van der Waals surface area contributed by atoms with Crippen molar-refractivity contribution in [3.63, 3.8) is 0 Å². The Hall–Kier alpha value is -2.70. The molecule has 1 fully saturated rings. The molecule has 0 spiro atoms. The molecule has 3 aliphatic rings. The number of amides is 2. The molecule has 0 saturated heterocycles. The summed E-state index contributed by atoms with van der Waals surface area (Å²) in [5, 5.41) is 16.6. The zero-order valence-corrected chi connectivity index (χ0v) is 19.1. The van der Waals surface area contributed by atoms with E-state index in [1.54, 1.807) is 0 Å². The summed E-state index contributed by atoms with van der Waals surface area (Å²) < 4.78 is 0. The van der Waals surface area contributed by atoms with Crippen LogP contribution in [0.5, 0.6) is 0 Å². The molecule has 1 saturated carbocycles. The van der Waals surface area contributed by atoms with Gasteiger partial charge in [0.05, 0.1) is 6.10 Å². The molecule has 3 N–H and O–H groups in total. The van der Waals surface area contributed by atoms with E-state index in [0.29, 0.717) is 37.0 Å². The van der Waals surface area contributed by atoms with E-state index in [1.807, 2.05) is 23.1 Å². The number of fused-ring (bicyclic) bond motifs is 2. The molecule has 2 aromatic rings. The molecule has 1 atom stereocenters. The van der Waals surface area contributed by atoms with Gasteiger partial charge in [-0.05, 0) is 72.4 Å². The summed E-state index contributed by atoms with van der Waals surface area (Å²) in [7, 11) is 0. The highest BCUT2D eigenvalue weighted by atomic mass is 16.3. The first-order chi connectivity index (χ1) is 16.0. The second-order valence-corrected chi connectivity index (χ2v) is 9.84. The van der Waals surface area contributed by atoms with E-state index < -0.39 is 6.10 Å². The first kappa shape index (κ1) is 22.1. The van der Waals surface area contributed by atoms with Gasteiger partial charge < -0.3 is 20.6 Å². The van der Waals surface area contributed by atoms with E-state index in [0.717, 1.165) is 36.9 Å². The van der Waals surface area contributed by atoms with Gasteiger partial charge in [-0.15, -0.1) is 0 Å². The summed E-state index contributed by atoms with van der Waals surface area (Å²) in [5.74, 6) is 0.691. The Bertz CT molecular complexity index is 1010. The number of rotatable bonds is 8. The topological polar surface area (TPSA) is 81.7 Å². The maximum Gasteiger partial charge on any atom is 0.251 e. The van der Waals surface area contributed by atoms with Crippen molar-refractivity contribution in [3.05, 3.63) is 70.3 Å². The lowest BCUT2D eigenvalue weighted by molar-refractivity contribution is -0.132. The van der Waals surface area contributed by atoms with Crippen molar-refractivity contribution >= 4 is 11.8 Å². The fourth-order valence-corrected chi connectivity index (χ4v) is 5.00. The van der Waals surface area contributed by atoms with Crippen molar-refractivity contribution in [1.29, 1.82) is 0 Å². The van der Waals surface area contributed by atoms with Crippen LogP contribution in [0.4, 0.5) is 0 Å². The van der Waals surface area contributed by atoms with Crippen LogP contribution in [0.15, 0.2) is 42.5 Å². The monoisotopic (exact) mass is 447 g/mol. The van der Waals surface area contributed by atoms with E-state index in [1.165, 1.54) is 24.0 Å². The predicted molar refractivity (Wildman–Crippen MR) is 127 cm³/mol. The third kappa shape index (κ3) is 5.45. The third-order valence-corrected chi connectivity index (χ3v) is 7.19. The minimum atomic E-state index is -0.638. The molecule has 0 aromatic heterocycles. The molecule has 2 aliphatic carbocycles. The van der Waals surface area contributed by atoms with Crippen molar-refractivity contribution in [2.75, 3.05) is 19.6 Å². The fraction of sp³-hybridized carbons (Fsp3) is 0.481. The largest absolute Gasteiger partial charge is 0.390 e. The van der Waals surface area contributed by atoms with Crippen molar-refractivity contribution in [3.8, 4) is 0 Å². The molecule has 1 unspecified atom stereocenters. The number of aliphatic hydroxyl groups is 1. The Morgan fingerprint density at radius 3 is 2.48 bits per heavy atom. The Kier molecular flexibility index (Phi) is 6.47. The van der Waals surface area contributed by atoms with E-state index in [9.17, 15) is 14.7 Å². The van der Waals surface area contributed by atoms with Gasteiger partial charge in [-0.25, -0.2) is 0 Å². The maximum atomic E-state index is 12.6. The van der Waals surface area contributed by atoms with E-state index in [-0.39, 0.29) is 18.4 Å². The van der Waals surface area contributed by atoms with Gasteiger partial charge in [0.1, 0.15) is 0 Å². The van der Waals surface area contributed by atoms with E-state index >= 15 is 0 Å². The normalized spacial score (nSPS) is 18.5. The van der Waals surface area contributed by atoms with Crippen LogP contribution in [0, 0.1) is 5.92 Å². The van der Waals surface area contributed by atoms with Gasteiger partial charge in [0, 0.05) is 44.2 Å². The highest BCUT2D eigenvalue weighted by Crippen LogP contribution is 2.33. The average Bonchev–Trinajstić information content (AvgIpc) is 3.55. The zero-order valence-electron chi connectivity index (χ0n) is 19.1. The van der Waals surface area contributed by atoms with Crippen LogP contribution >= 0.6 is 0 Å². The second kappa shape index (κ2) is 9.65. The maximum absolute atomic E-state index is 12.6. The molecule has 2 amide bonds. The second-order valence-electron chi connectivity index (χ2n) is 9.84. The summed E-state index contributed by atoms with van der Waals surface area (Å²) in [4.78, 5) is 27.0. The summed E-state index contributed by atoms with van der Waals surface area (Å²) in [5.41, 5.74) is 5.63. The molecule has 0 bridgehead atoms. The number of benzene rings is 2. The Morgan fingerprint density at radius 2 is 1.76 bits per heavy atom. The molecule has 33 heavy (non-hydrogen) atoms. The van der Waals surface area contributed by atoms with Crippen LogP contribution < -0.4 is 10.6 Å². The SMILES string of the molecule is O=C(NCC(O)CNC1Cc2ccccc2C1)c1ccc2c(c1)CCN(C(=O)CC1CC1)C2. The molecule has 174 valence electrons. The number of hydrogen-bond donors (Lipinski definition) is 3. The van der Waals surface area contributed by atoms with Gasteiger partial charge in [0.2, 0.25) is 5.91 Å². The third-order valence-electron chi connectivity index (χ3n) is 7.19. The van der Waals surface area contributed by atoms with Crippen molar-refractivity contribution in [1.82, 2.24) is 15.5 Å². The van der Waals surface area contributed by atoms with E-state index in [2.05, 4.69) is 34.9 Å². The minimum Gasteiger partial charge on any atom is -0.390 e. The predicted octanol–water partition coefficient (Wildman–Crippen LogP) is 2.22. The van der Waals surface area contributed by atoms with Gasteiger partial charge in [0.25, 0.3) is 5.91 Å². The molecule has 6 nitrogen and oxygen atoms in total. The van der Waals surface area contributed by atoms with Crippen LogP contribution in [0.2, 0.25) is 0 Å². The van der Waals surface area contributed by atoms with Gasteiger partial charge in [0.15, 0.2) is 0 Å². The lowest BCUT2D eigenvalue weighted by Crippen LogP contribution is -2.42. The van der Waals surface area contributed by atoms with Crippen LogP contribution in [0.1, 0.15) is 51.9 Å². The number of nitrogens with one attached hydrogen (secondary N) is 2. The molecule has 2 aromatic carbocycles. The lowest BCUT2D eigenvalue weighted by Gasteiger charge is -2.29. The van der Waals surface area contributed by atoms with Crippen molar-refractivity contribution < 1.29 is 14.7 Å². The fourth-order valence-electron chi connectivity index (χ4n) is 5.00. The first-order valence-corrected chi connectivity index (χ1v) is 12.2. The van der Waals surface area contributed by atoms with Gasteiger partial charge in [-0.3, -0.25) is 9.59 Å². The number of carbonyl (C=O) groups excluding carboxylic acids is 2. The number of carbonyl (C=O) groups is 2. The molecule has 0 radical (unpaired) electrons. The van der Waals surface area contributed by atoms with E-state index in [4.69, 9.17) is 0 Å². The number of nitrogens with zero attached hydrogens (tertiary/aromatic N) is 1.